The lowest BCUT2D eigenvalue weighted by Gasteiger charge is -2.28. The normalized spacial score (nSPS) is 19.5. The van der Waals surface area contributed by atoms with Gasteiger partial charge in [-0.1, -0.05) is 0 Å². The van der Waals surface area contributed by atoms with Gasteiger partial charge in [-0.15, -0.1) is 0 Å². The number of carbonyl (C=O) groups is 1. The van der Waals surface area contributed by atoms with Crippen molar-refractivity contribution in [2.45, 2.75) is 25.7 Å². The quantitative estimate of drug-likeness (QED) is 0.614. The third-order valence-corrected chi connectivity index (χ3v) is 6.33. The number of fused-ring (bicyclic) bond motifs is 2. The predicted octanol–water partition coefficient (Wildman–Crippen LogP) is 4.70. The van der Waals surface area contributed by atoms with Crippen molar-refractivity contribution < 1.29 is 19.0 Å². The molecule has 1 aliphatic heterocycles. The van der Waals surface area contributed by atoms with E-state index >= 15 is 0 Å². The van der Waals surface area contributed by atoms with Gasteiger partial charge < -0.3 is 19.5 Å². The zero-order valence-electron chi connectivity index (χ0n) is 18.3. The van der Waals surface area contributed by atoms with Crippen molar-refractivity contribution in [2.24, 2.45) is 11.8 Å². The Hall–Kier alpha value is -3.79. The molecule has 0 bridgehead atoms. The summed E-state index contributed by atoms with van der Waals surface area (Å²) in [5.74, 6) is 2.57. The Balaban J connectivity index is 1.14. The average molecular weight is 444 g/mol. The Labute approximate surface area is 192 Å². The number of rotatable bonds is 5. The number of aromatic nitrogens is 1. The lowest BCUT2D eigenvalue weighted by atomic mass is 9.82. The van der Waals surface area contributed by atoms with Crippen LogP contribution in [0.1, 0.15) is 31.2 Å². The summed E-state index contributed by atoms with van der Waals surface area (Å²) in [5.41, 5.74) is 2.13. The Morgan fingerprint density at radius 2 is 1.88 bits per heavy atom. The largest absolute Gasteiger partial charge is 0.493 e. The number of nitriles is 1. The number of nitrogens with zero attached hydrogens (tertiary/aromatic N) is 2. The maximum atomic E-state index is 12.8. The number of pyridine rings is 1. The first kappa shape index (κ1) is 21.1. The average Bonchev–Trinajstić information content (AvgIpc) is 2.87. The Morgan fingerprint density at radius 3 is 2.70 bits per heavy atom. The standard InChI is InChI=1S/C26H25N3O4/c27-15-18-3-7-22-21(13-18)23(9-10-28-22)33-16-17-1-4-19(5-2-17)26(30)29-20-6-8-24-25(14-20)32-12-11-31-24/h3,6-10,13-14,17,19H,1-2,4-5,11-12,16H2,(H,29,30)/t17-,19-. The van der Waals surface area contributed by atoms with Crippen LogP contribution in [0.25, 0.3) is 10.9 Å². The number of ether oxygens (including phenoxy) is 3. The number of hydrogen-bond donors (Lipinski definition) is 1. The molecule has 0 atom stereocenters. The van der Waals surface area contributed by atoms with E-state index in [0.717, 1.165) is 48.0 Å². The molecule has 7 heteroatoms. The van der Waals surface area contributed by atoms with Gasteiger partial charge in [0.15, 0.2) is 11.5 Å². The maximum Gasteiger partial charge on any atom is 0.227 e. The Kier molecular flexibility index (Phi) is 5.99. The second-order valence-corrected chi connectivity index (χ2v) is 8.53. The highest BCUT2D eigenvalue weighted by Gasteiger charge is 2.27. The lowest BCUT2D eigenvalue weighted by molar-refractivity contribution is -0.121. The molecule has 1 N–H and O–H groups in total. The second-order valence-electron chi connectivity index (χ2n) is 8.53. The van der Waals surface area contributed by atoms with Gasteiger partial charge in [0.1, 0.15) is 19.0 Å². The van der Waals surface area contributed by atoms with Crippen molar-refractivity contribution >= 4 is 22.5 Å². The van der Waals surface area contributed by atoms with Crippen LogP contribution in [0.4, 0.5) is 5.69 Å². The number of anilines is 1. The monoisotopic (exact) mass is 443 g/mol. The van der Waals surface area contributed by atoms with Gasteiger partial charge in [-0.05, 0) is 68.0 Å². The first-order valence-electron chi connectivity index (χ1n) is 11.3. The van der Waals surface area contributed by atoms with Crippen molar-refractivity contribution in [3.63, 3.8) is 0 Å². The third kappa shape index (κ3) is 4.70. The third-order valence-electron chi connectivity index (χ3n) is 6.33. The summed E-state index contributed by atoms with van der Waals surface area (Å²) >= 11 is 0. The molecule has 168 valence electrons. The van der Waals surface area contributed by atoms with Crippen molar-refractivity contribution in [1.82, 2.24) is 4.98 Å². The molecule has 2 aromatic carbocycles. The van der Waals surface area contributed by atoms with Crippen LogP contribution < -0.4 is 19.5 Å². The summed E-state index contributed by atoms with van der Waals surface area (Å²) in [6.45, 7) is 1.65. The SMILES string of the molecule is N#Cc1ccc2nccc(OC[C@H]3CC[C@H](C(=O)Nc4ccc5c(c4)OCCO5)CC3)c2c1. The summed E-state index contributed by atoms with van der Waals surface area (Å²) in [5, 5.41) is 13.1. The van der Waals surface area contributed by atoms with Crippen LogP contribution in [0.3, 0.4) is 0 Å². The fourth-order valence-corrected chi connectivity index (χ4v) is 4.48. The highest BCUT2D eigenvalue weighted by Crippen LogP contribution is 2.34. The zero-order valence-corrected chi connectivity index (χ0v) is 18.3. The van der Waals surface area contributed by atoms with Gasteiger partial charge in [0.05, 0.1) is 23.8 Å². The number of hydrogen-bond acceptors (Lipinski definition) is 6. The topological polar surface area (TPSA) is 93.5 Å². The van der Waals surface area contributed by atoms with E-state index in [0.29, 0.717) is 42.8 Å². The molecule has 33 heavy (non-hydrogen) atoms. The molecule has 1 aliphatic carbocycles. The number of nitrogens with one attached hydrogen (secondary N) is 1. The molecule has 0 spiro atoms. The molecule has 2 aliphatic rings. The van der Waals surface area contributed by atoms with E-state index in [4.69, 9.17) is 14.2 Å². The first-order valence-corrected chi connectivity index (χ1v) is 11.3. The smallest absolute Gasteiger partial charge is 0.227 e. The van der Waals surface area contributed by atoms with Crippen LogP contribution in [0.2, 0.25) is 0 Å². The van der Waals surface area contributed by atoms with Gasteiger partial charge in [0, 0.05) is 29.3 Å². The molecule has 0 unspecified atom stereocenters. The minimum atomic E-state index is -0.00519. The predicted molar refractivity (Wildman–Crippen MR) is 123 cm³/mol. The molecule has 5 rings (SSSR count). The summed E-state index contributed by atoms with van der Waals surface area (Å²) in [6, 6.07) is 14.9. The van der Waals surface area contributed by atoms with E-state index in [1.54, 1.807) is 12.3 Å². The minimum absolute atomic E-state index is 0.00519. The van der Waals surface area contributed by atoms with Gasteiger partial charge in [0.2, 0.25) is 5.91 Å². The molecular weight excluding hydrogens is 418 g/mol. The Morgan fingerprint density at radius 1 is 1.06 bits per heavy atom. The summed E-state index contributed by atoms with van der Waals surface area (Å²) in [6.07, 6.45) is 5.26. The number of benzene rings is 2. The highest BCUT2D eigenvalue weighted by atomic mass is 16.6. The summed E-state index contributed by atoms with van der Waals surface area (Å²) in [7, 11) is 0. The van der Waals surface area contributed by atoms with E-state index < -0.39 is 0 Å². The van der Waals surface area contributed by atoms with Crippen LogP contribution in [-0.2, 0) is 4.79 Å². The molecule has 1 saturated carbocycles. The first-order chi connectivity index (χ1) is 16.2. The minimum Gasteiger partial charge on any atom is -0.493 e. The summed E-state index contributed by atoms with van der Waals surface area (Å²) < 4.78 is 17.3. The van der Waals surface area contributed by atoms with Crippen LogP contribution in [-0.4, -0.2) is 30.7 Å². The van der Waals surface area contributed by atoms with Gasteiger partial charge in [-0.2, -0.15) is 5.26 Å². The lowest BCUT2D eigenvalue weighted by Crippen LogP contribution is -2.29. The fraction of sp³-hybridized carbons (Fsp3) is 0.346. The molecule has 0 radical (unpaired) electrons. The zero-order chi connectivity index (χ0) is 22.6. The summed E-state index contributed by atoms with van der Waals surface area (Å²) in [4.78, 5) is 17.1. The van der Waals surface area contributed by atoms with Gasteiger partial charge >= 0.3 is 0 Å². The Bertz CT molecular complexity index is 1210. The molecule has 7 nitrogen and oxygen atoms in total. The van der Waals surface area contributed by atoms with Gasteiger partial charge in [0.25, 0.3) is 0 Å². The maximum absolute atomic E-state index is 12.8. The molecule has 1 amide bonds. The van der Waals surface area contributed by atoms with Gasteiger partial charge in [-0.25, -0.2) is 0 Å². The van der Waals surface area contributed by atoms with Crippen molar-refractivity contribution in [3.05, 3.63) is 54.2 Å². The van der Waals surface area contributed by atoms with E-state index in [2.05, 4.69) is 16.4 Å². The molecular formula is C26H25N3O4. The van der Waals surface area contributed by atoms with E-state index in [9.17, 15) is 10.1 Å². The van der Waals surface area contributed by atoms with Crippen molar-refractivity contribution in [1.29, 1.82) is 5.26 Å². The van der Waals surface area contributed by atoms with E-state index in [1.807, 2.05) is 36.4 Å². The fourth-order valence-electron chi connectivity index (χ4n) is 4.48. The van der Waals surface area contributed by atoms with Crippen molar-refractivity contribution in [2.75, 3.05) is 25.1 Å². The number of amides is 1. The second kappa shape index (κ2) is 9.37. The van der Waals surface area contributed by atoms with Crippen LogP contribution in [0.15, 0.2) is 48.7 Å². The highest BCUT2D eigenvalue weighted by molar-refractivity contribution is 5.93. The van der Waals surface area contributed by atoms with Crippen molar-refractivity contribution in [3.8, 4) is 23.3 Å². The van der Waals surface area contributed by atoms with E-state index in [-0.39, 0.29) is 11.8 Å². The van der Waals surface area contributed by atoms with Crippen LogP contribution >= 0.6 is 0 Å². The van der Waals surface area contributed by atoms with Crippen LogP contribution in [0, 0.1) is 23.2 Å². The number of carbonyl (C=O) groups excluding carboxylic acids is 1. The van der Waals surface area contributed by atoms with Gasteiger partial charge in [-0.3, -0.25) is 9.78 Å². The molecule has 2 heterocycles. The van der Waals surface area contributed by atoms with Crippen LogP contribution in [0.5, 0.6) is 17.2 Å². The molecule has 1 fully saturated rings. The van der Waals surface area contributed by atoms with E-state index in [1.165, 1.54) is 0 Å². The molecule has 0 saturated heterocycles. The molecule has 1 aromatic heterocycles. The molecule has 3 aromatic rings.